The van der Waals surface area contributed by atoms with Gasteiger partial charge < -0.3 is 5.41 Å². The maximum Gasteiger partial charge on any atom is 0.0352 e. The molecular weight excluding hydrogens is 154 g/mol. The molecule has 0 aliphatic rings. The summed E-state index contributed by atoms with van der Waals surface area (Å²) in [4.78, 5) is 0.782. The Kier molecular flexibility index (Phi) is 4.62. The van der Waals surface area contributed by atoms with Gasteiger partial charge in [0.05, 0.1) is 0 Å². The van der Waals surface area contributed by atoms with Gasteiger partial charge >= 0.3 is 0 Å². The Morgan fingerprint density at radius 3 is 2.36 bits per heavy atom. The number of nitrogens with one attached hydrogen (secondary N) is 1. The van der Waals surface area contributed by atoms with Gasteiger partial charge in [0.2, 0.25) is 0 Å². The van der Waals surface area contributed by atoms with Crippen LogP contribution in [0.3, 0.4) is 0 Å². The van der Waals surface area contributed by atoms with Gasteiger partial charge in [0.1, 0.15) is 0 Å². The van der Waals surface area contributed by atoms with E-state index < -0.39 is 0 Å². The molecule has 0 radical (unpaired) electrons. The lowest BCUT2D eigenvalue weighted by Crippen LogP contribution is -1.91. The van der Waals surface area contributed by atoms with Gasteiger partial charge in [-0.3, -0.25) is 0 Å². The molecule has 0 aliphatic heterocycles. The summed E-state index contributed by atoms with van der Waals surface area (Å²) in [5.74, 6) is 0. The highest BCUT2D eigenvalue weighted by Crippen LogP contribution is 2.07. The number of rotatable bonds is 3. The molecule has 0 unspecified atom stereocenters. The number of hydrogen-bond donors (Lipinski definition) is 2. The maximum atomic E-state index is 7.34. The van der Waals surface area contributed by atoms with Crippen LogP contribution < -0.4 is 0 Å². The molecule has 0 rings (SSSR count). The first-order valence-electron chi connectivity index (χ1n) is 3.36. The molecule has 1 N–H and O–H groups in total. The lowest BCUT2D eigenvalue weighted by Gasteiger charge is -1.97. The van der Waals surface area contributed by atoms with Crippen LogP contribution in [-0.2, 0) is 0 Å². The summed E-state index contributed by atoms with van der Waals surface area (Å²) in [6.45, 7) is 7.21. The summed E-state index contributed by atoms with van der Waals surface area (Å²) in [6, 6.07) is 0. The van der Waals surface area contributed by atoms with Crippen LogP contribution in [0, 0.1) is 5.41 Å². The van der Waals surface area contributed by atoms with Crippen molar-refractivity contribution in [1.82, 2.24) is 0 Å². The Morgan fingerprint density at radius 2 is 2.09 bits per heavy atom. The van der Waals surface area contributed by atoms with E-state index in [1.54, 1.807) is 13.0 Å². The van der Waals surface area contributed by atoms with Crippen molar-refractivity contribution in [1.29, 1.82) is 5.41 Å². The highest BCUT2D eigenvalue weighted by Gasteiger charge is 1.93. The fraction of sp³-hybridized carbons (Fsp3) is 0.222. The molecule has 0 bridgehead atoms. The van der Waals surface area contributed by atoms with E-state index in [0.717, 1.165) is 10.5 Å². The lowest BCUT2D eigenvalue weighted by atomic mass is 10.1. The summed E-state index contributed by atoms with van der Waals surface area (Å²) < 4.78 is 0. The largest absolute Gasteiger partial charge is 0.305 e. The zero-order valence-corrected chi connectivity index (χ0v) is 7.78. The molecule has 0 saturated heterocycles. The summed E-state index contributed by atoms with van der Waals surface area (Å²) in [5.41, 5.74) is 1.43. The van der Waals surface area contributed by atoms with Crippen molar-refractivity contribution in [2.75, 3.05) is 0 Å². The lowest BCUT2D eigenvalue weighted by molar-refractivity contribution is 1.45. The van der Waals surface area contributed by atoms with Crippen LogP contribution in [0.2, 0.25) is 0 Å². The summed E-state index contributed by atoms with van der Waals surface area (Å²) in [7, 11) is 0. The van der Waals surface area contributed by atoms with Crippen molar-refractivity contribution in [3.63, 3.8) is 0 Å². The van der Waals surface area contributed by atoms with Gasteiger partial charge in [0.15, 0.2) is 0 Å². The van der Waals surface area contributed by atoms with Crippen molar-refractivity contribution in [2.24, 2.45) is 0 Å². The molecule has 0 aromatic heterocycles. The van der Waals surface area contributed by atoms with Crippen LogP contribution >= 0.6 is 12.6 Å². The van der Waals surface area contributed by atoms with E-state index in [0.29, 0.717) is 5.71 Å². The van der Waals surface area contributed by atoms with Gasteiger partial charge in [-0.05, 0) is 25.5 Å². The molecule has 11 heavy (non-hydrogen) atoms. The fourth-order valence-electron chi connectivity index (χ4n) is 0.626. The monoisotopic (exact) mass is 167 g/mol. The molecule has 0 heterocycles. The van der Waals surface area contributed by atoms with Crippen LogP contribution in [0.25, 0.3) is 0 Å². The van der Waals surface area contributed by atoms with Gasteiger partial charge in [-0.2, -0.15) is 0 Å². The molecule has 0 atom stereocenters. The highest BCUT2D eigenvalue weighted by molar-refractivity contribution is 7.84. The van der Waals surface area contributed by atoms with Gasteiger partial charge in [0.25, 0.3) is 0 Å². The smallest absolute Gasteiger partial charge is 0.0352 e. The van der Waals surface area contributed by atoms with Crippen LogP contribution in [0.5, 0.6) is 0 Å². The molecule has 0 aromatic rings. The third-order valence-electron chi connectivity index (χ3n) is 1.26. The molecule has 0 aromatic carbocycles. The first-order valence-corrected chi connectivity index (χ1v) is 3.81. The van der Waals surface area contributed by atoms with Crippen molar-refractivity contribution in [3.8, 4) is 0 Å². The zero-order chi connectivity index (χ0) is 8.85. The van der Waals surface area contributed by atoms with Crippen molar-refractivity contribution < 1.29 is 0 Å². The number of thiol groups is 1. The number of hydrogen-bond acceptors (Lipinski definition) is 2. The fourth-order valence-corrected chi connectivity index (χ4v) is 0.765. The Morgan fingerprint density at radius 1 is 1.55 bits per heavy atom. The Labute approximate surface area is 73.4 Å². The molecule has 0 spiro atoms. The number of allylic oxidation sites excluding steroid dienone is 4. The van der Waals surface area contributed by atoms with Crippen LogP contribution in [-0.4, -0.2) is 5.71 Å². The topological polar surface area (TPSA) is 23.9 Å². The normalized spacial score (nSPS) is 13.0. The van der Waals surface area contributed by atoms with E-state index in [-0.39, 0.29) is 0 Å². The predicted molar refractivity (Wildman–Crippen MR) is 54.4 cm³/mol. The van der Waals surface area contributed by atoms with Crippen molar-refractivity contribution >= 4 is 18.3 Å². The molecule has 1 nitrogen and oxygen atoms in total. The van der Waals surface area contributed by atoms with Gasteiger partial charge in [-0.1, -0.05) is 18.7 Å². The second-order valence-electron chi connectivity index (χ2n) is 2.14. The Bertz CT molecular complexity index is 224. The minimum Gasteiger partial charge on any atom is -0.305 e. The first kappa shape index (κ1) is 10.2. The molecule has 0 saturated carbocycles. The van der Waals surface area contributed by atoms with E-state index in [1.165, 1.54) is 0 Å². The van der Waals surface area contributed by atoms with Crippen molar-refractivity contribution in [3.05, 3.63) is 35.3 Å². The van der Waals surface area contributed by atoms with E-state index in [1.807, 2.05) is 19.1 Å². The third-order valence-corrected chi connectivity index (χ3v) is 1.57. The van der Waals surface area contributed by atoms with Gasteiger partial charge in [0, 0.05) is 10.6 Å². The Hall–Kier alpha value is -0.760. The highest BCUT2D eigenvalue weighted by atomic mass is 32.1. The van der Waals surface area contributed by atoms with Gasteiger partial charge in [-0.15, -0.1) is 12.6 Å². The first-order chi connectivity index (χ1) is 5.11. The zero-order valence-electron chi connectivity index (χ0n) is 6.89. The standard InChI is InChI=1S/C9H13NS/c1-4-8(7(3)10)6-9(11)5-2/h4-6,10-11H,2H2,1,3H3/b8-4+,9-6+,10-7?. The third kappa shape index (κ3) is 3.83. The second kappa shape index (κ2) is 4.97. The van der Waals surface area contributed by atoms with Crippen LogP contribution in [0.4, 0.5) is 0 Å². The molecule has 0 fully saturated rings. The summed E-state index contributed by atoms with van der Waals surface area (Å²) in [5, 5.41) is 7.34. The van der Waals surface area contributed by atoms with E-state index >= 15 is 0 Å². The van der Waals surface area contributed by atoms with E-state index in [2.05, 4.69) is 19.2 Å². The van der Waals surface area contributed by atoms with E-state index in [4.69, 9.17) is 5.41 Å². The molecule has 2 heteroatoms. The van der Waals surface area contributed by atoms with Crippen molar-refractivity contribution in [2.45, 2.75) is 13.8 Å². The second-order valence-corrected chi connectivity index (χ2v) is 2.66. The molecular formula is C9H13NS. The van der Waals surface area contributed by atoms with Gasteiger partial charge in [-0.25, -0.2) is 0 Å². The average Bonchev–Trinajstić information content (AvgIpc) is 1.99. The average molecular weight is 167 g/mol. The Balaban J connectivity index is 4.57. The van der Waals surface area contributed by atoms with Crippen LogP contribution in [0.15, 0.2) is 35.3 Å². The predicted octanol–water partition coefficient (Wildman–Crippen LogP) is 2.97. The molecule has 60 valence electrons. The molecule has 0 amide bonds. The SMILES string of the molecule is C=C/C(S)=C\C(=C/C)C(C)=N. The minimum atomic E-state index is 0.543. The van der Waals surface area contributed by atoms with E-state index in [9.17, 15) is 0 Å². The van der Waals surface area contributed by atoms with Crippen LogP contribution in [0.1, 0.15) is 13.8 Å². The summed E-state index contributed by atoms with van der Waals surface area (Å²) in [6.07, 6.45) is 5.34. The maximum absolute atomic E-state index is 7.34. The molecule has 0 aliphatic carbocycles. The quantitative estimate of drug-likeness (QED) is 0.367. The minimum absolute atomic E-state index is 0.543. The summed E-state index contributed by atoms with van der Waals surface area (Å²) >= 11 is 4.12.